The Bertz CT molecular complexity index is 444. The summed E-state index contributed by atoms with van der Waals surface area (Å²) in [5, 5.41) is 0.939. The van der Waals surface area contributed by atoms with Gasteiger partial charge in [0.15, 0.2) is 0 Å². The Balaban J connectivity index is 2.00. The first-order valence-corrected chi connectivity index (χ1v) is 7.51. The quantitative estimate of drug-likeness (QED) is 0.793. The highest BCUT2D eigenvalue weighted by Gasteiger charge is 2.20. The van der Waals surface area contributed by atoms with E-state index in [0.29, 0.717) is 18.7 Å². The monoisotopic (exact) mass is 329 g/mol. The summed E-state index contributed by atoms with van der Waals surface area (Å²) in [6.07, 6.45) is 3.48. The van der Waals surface area contributed by atoms with Gasteiger partial charge in [0.2, 0.25) is 0 Å². The van der Waals surface area contributed by atoms with E-state index in [-0.39, 0.29) is 5.91 Å². The first-order valence-electron chi connectivity index (χ1n) is 6.39. The number of hydrogen-bond acceptors (Lipinski definition) is 3. The molecule has 1 aliphatic rings. The van der Waals surface area contributed by atoms with Crippen LogP contribution < -0.4 is 0 Å². The highest BCUT2D eigenvalue weighted by atomic mass is 79.9. The Morgan fingerprint density at radius 2 is 2.16 bits per heavy atom. The second kappa shape index (κ2) is 6.96. The predicted molar refractivity (Wildman–Crippen MR) is 74.9 cm³/mol. The van der Waals surface area contributed by atoms with E-state index in [4.69, 9.17) is 0 Å². The molecule has 1 aromatic rings. The Hall–Kier alpha value is -1.01. The fourth-order valence-electron chi connectivity index (χ4n) is 2.23. The maximum atomic E-state index is 13.1. The van der Waals surface area contributed by atoms with Gasteiger partial charge in [-0.15, -0.1) is 0 Å². The molecule has 6 heteroatoms. The molecule has 0 unspecified atom stereocenters. The highest BCUT2D eigenvalue weighted by molar-refractivity contribution is 9.09. The number of nitrogens with zero attached hydrogens (tertiary/aromatic N) is 3. The van der Waals surface area contributed by atoms with Crippen LogP contribution in [0.1, 0.15) is 16.8 Å². The topological polar surface area (TPSA) is 36.4 Å². The minimum atomic E-state index is -0.471. The van der Waals surface area contributed by atoms with Crippen LogP contribution in [0.25, 0.3) is 0 Å². The summed E-state index contributed by atoms with van der Waals surface area (Å²) in [7, 11) is 0. The van der Waals surface area contributed by atoms with E-state index < -0.39 is 5.82 Å². The molecule has 1 saturated heterocycles. The molecule has 0 saturated carbocycles. The van der Waals surface area contributed by atoms with E-state index in [9.17, 15) is 9.18 Å². The van der Waals surface area contributed by atoms with Crippen molar-refractivity contribution >= 4 is 21.8 Å². The van der Waals surface area contributed by atoms with E-state index in [2.05, 4.69) is 25.8 Å². The molecule has 1 fully saturated rings. The Labute approximate surface area is 120 Å². The number of pyridine rings is 1. The fourth-order valence-corrected chi connectivity index (χ4v) is 2.73. The molecule has 2 rings (SSSR count). The summed E-state index contributed by atoms with van der Waals surface area (Å²) in [5.41, 5.74) is 0.328. The van der Waals surface area contributed by atoms with Crippen LogP contribution >= 0.6 is 15.9 Å². The van der Waals surface area contributed by atoms with Gasteiger partial charge in [0.05, 0.1) is 11.8 Å². The SMILES string of the molecule is O=C(c1cncc(F)c1)N1CCCN(CCBr)CC1. The maximum absolute atomic E-state index is 13.1. The standard InChI is InChI=1S/C13H17BrFN3O/c14-2-5-17-3-1-4-18(7-6-17)13(19)11-8-12(15)10-16-9-11/h8-10H,1-7H2. The first-order chi connectivity index (χ1) is 9.20. The molecule has 0 bridgehead atoms. The average Bonchev–Trinajstić information content (AvgIpc) is 2.64. The van der Waals surface area contributed by atoms with Gasteiger partial charge < -0.3 is 9.80 Å². The largest absolute Gasteiger partial charge is 0.337 e. The van der Waals surface area contributed by atoms with Crippen molar-refractivity contribution in [2.24, 2.45) is 0 Å². The maximum Gasteiger partial charge on any atom is 0.255 e. The molecule has 19 heavy (non-hydrogen) atoms. The van der Waals surface area contributed by atoms with Crippen molar-refractivity contribution in [2.75, 3.05) is 38.1 Å². The molecule has 104 valence electrons. The molecule has 0 spiro atoms. The van der Waals surface area contributed by atoms with Crippen LogP contribution in [0.4, 0.5) is 4.39 Å². The number of aromatic nitrogens is 1. The van der Waals surface area contributed by atoms with Crippen LogP contribution in [-0.4, -0.2) is 58.7 Å². The van der Waals surface area contributed by atoms with E-state index in [1.54, 1.807) is 4.90 Å². The van der Waals surface area contributed by atoms with Crippen molar-refractivity contribution in [1.82, 2.24) is 14.8 Å². The molecule has 2 heterocycles. The minimum Gasteiger partial charge on any atom is -0.337 e. The van der Waals surface area contributed by atoms with E-state index in [1.165, 1.54) is 12.3 Å². The normalized spacial score (nSPS) is 17.3. The summed E-state index contributed by atoms with van der Waals surface area (Å²) in [4.78, 5) is 20.1. The second-order valence-corrected chi connectivity index (χ2v) is 5.36. The third-order valence-electron chi connectivity index (χ3n) is 3.23. The lowest BCUT2D eigenvalue weighted by molar-refractivity contribution is 0.0761. The third-order valence-corrected chi connectivity index (χ3v) is 3.58. The molecule has 1 amide bonds. The van der Waals surface area contributed by atoms with Crippen LogP contribution in [0.15, 0.2) is 18.5 Å². The second-order valence-electron chi connectivity index (χ2n) is 4.57. The molecule has 0 atom stereocenters. The van der Waals surface area contributed by atoms with Crippen LogP contribution in [0.2, 0.25) is 0 Å². The number of rotatable bonds is 3. The lowest BCUT2D eigenvalue weighted by atomic mass is 10.2. The van der Waals surface area contributed by atoms with Gasteiger partial charge in [0.25, 0.3) is 5.91 Å². The lowest BCUT2D eigenvalue weighted by Crippen LogP contribution is -2.35. The summed E-state index contributed by atoms with van der Waals surface area (Å²) in [6, 6.07) is 1.25. The third kappa shape index (κ3) is 3.98. The number of halogens is 2. The van der Waals surface area contributed by atoms with E-state index >= 15 is 0 Å². The minimum absolute atomic E-state index is 0.132. The molecular weight excluding hydrogens is 313 g/mol. The lowest BCUT2D eigenvalue weighted by Gasteiger charge is -2.21. The molecule has 1 aromatic heterocycles. The Morgan fingerprint density at radius 1 is 1.32 bits per heavy atom. The number of amides is 1. The Morgan fingerprint density at radius 3 is 2.89 bits per heavy atom. The Kier molecular flexibility index (Phi) is 5.27. The average molecular weight is 330 g/mol. The van der Waals surface area contributed by atoms with E-state index in [0.717, 1.165) is 37.6 Å². The van der Waals surface area contributed by atoms with Crippen LogP contribution in [0.5, 0.6) is 0 Å². The summed E-state index contributed by atoms with van der Waals surface area (Å²) < 4.78 is 13.1. The van der Waals surface area contributed by atoms with Gasteiger partial charge in [-0.05, 0) is 19.0 Å². The summed E-state index contributed by atoms with van der Waals surface area (Å²) in [6.45, 7) is 4.25. The van der Waals surface area contributed by atoms with Crippen molar-refractivity contribution in [1.29, 1.82) is 0 Å². The fraction of sp³-hybridized carbons (Fsp3) is 0.538. The van der Waals surface area contributed by atoms with Gasteiger partial charge in [0.1, 0.15) is 5.82 Å². The van der Waals surface area contributed by atoms with Gasteiger partial charge in [0, 0.05) is 37.7 Å². The van der Waals surface area contributed by atoms with Crippen molar-refractivity contribution in [3.05, 3.63) is 29.8 Å². The zero-order valence-electron chi connectivity index (χ0n) is 10.7. The van der Waals surface area contributed by atoms with Crippen molar-refractivity contribution < 1.29 is 9.18 Å². The first kappa shape index (κ1) is 14.4. The van der Waals surface area contributed by atoms with Gasteiger partial charge in [-0.2, -0.15) is 0 Å². The summed E-state index contributed by atoms with van der Waals surface area (Å²) >= 11 is 3.43. The van der Waals surface area contributed by atoms with Gasteiger partial charge in [-0.1, -0.05) is 15.9 Å². The van der Waals surface area contributed by atoms with Crippen molar-refractivity contribution in [2.45, 2.75) is 6.42 Å². The zero-order valence-corrected chi connectivity index (χ0v) is 12.3. The van der Waals surface area contributed by atoms with Crippen LogP contribution in [0.3, 0.4) is 0 Å². The van der Waals surface area contributed by atoms with Crippen molar-refractivity contribution in [3.8, 4) is 0 Å². The molecule has 1 aliphatic heterocycles. The predicted octanol–water partition coefficient (Wildman–Crippen LogP) is 1.76. The molecule has 4 nitrogen and oxygen atoms in total. The number of carbonyl (C=O) groups excluding carboxylic acids is 1. The number of hydrogen-bond donors (Lipinski definition) is 0. The van der Waals surface area contributed by atoms with Gasteiger partial charge >= 0.3 is 0 Å². The highest BCUT2D eigenvalue weighted by Crippen LogP contribution is 2.09. The van der Waals surface area contributed by atoms with Crippen molar-refractivity contribution in [3.63, 3.8) is 0 Å². The zero-order chi connectivity index (χ0) is 13.7. The van der Waals surface area contributed by atoms with Crippen LogP contribution in [0, 0.1) is 5.82 Å². The number of alkyl halides is 1. The number of carbonyl (C=O) groups is 1. The molecular formula is C13H17BrFN3O. The molecule has 0 N–H and O–H groups in total. The molecule has 0 aromatic carbocycles. The molecule has 0 aliphatic carbocycles. The van der Waals surface area contributed by atoms with E-state index in [1.807, 2.05) is 0 Å². The smallest absolute Gasteiger partial charge is 0.255 e. The summed E-state index contributed by atoms with van der Waals surface area (Å²) in [5.74, 6) is -0.603. The van der Waals surface area contributed by atoms with Gasteiger partial charge in [-0.25, -0.2) is 4.39 Å². The van der Waals surface area contributed by atoms with Crippen LogP contribution in [-0.2, 0) is 0 Å². The molecule has 0 radical (unpaired) electrons. The van der Waals surface area contributed by atoms with Gasteiger partial charge in [-0.3, -0.25) is 9.78 Å².